The van der Waals surface area contributed by atoms with E-state index in [1.165, 1.54) is 6.08 Å². The van der Waals surface area contributed by atoms with Crippen molar-refractivity contribution in [1.82, 2.24) is 4.90 Å². The maximum Gasteiger partial charge on any atom is 0.245 e. The van der Waals surface area contributed by atoms with Crippen LogP contribution >= 0.6 is 11.6 Å². The Hall–Kier alpha value is -1.32. The highest BCUT2D eigenvalue weighted by molar-refractivity contribution is 6.66. The zero-order valence-corrected chi connectivity index (χ0v) is 10.8. The van der Waals surface area contributed by atoms with Crippen molar-refractivity contribution < 1.29 is 9.53 Å². The van der Waals surface area contributed by atoms with Gasteiger partial charge in [-0.2, -0.15) is 0 Å². The lowest BCUT2D eigenvalue weighted by molar-refractivity contribution is -0.107. The topological polar surface area (TPSA) is 29.5 Å². The van der Waals surface area contributed by atoms with Gasteiger partial charge in [0, 0.05) is 6.54 Å². The van der Waals surface area contributed by atoms with Crippen molar-refractivity contribution in [3.8, 4) is 5.75 Å². The summed E-state index contributed by atoms with van der Waals surface area (Å²) in [6, 6.07) is 7.51. The Kier molecular flexibility index (Phi) is 5.73. The van der Waals surface area contributed by atoms with E-state index in [4.69, 9.17) is 16.3 Å². The summed E-state index contributed by atoms with van der Waals surface area (Å²) in [5.74, 6) is 0.788. The molecule has 0 saturated carbocycles. The van der Waals surface area contributed by atoms with Crippen molar-refractivity contribution in [3.05, 3.63) is 35.9 Å². The standard InChI is InChI=1S/C13H16ClNO2/c1-15(2)8-9-17-12-5-3-4-11(10-12)6-7-13(14)16/h3-7,10H,8-9H2,1-2H3. The van der Waals surface area contributed by atoms with Crippen LogP contribution in [0.4, 0.5) is 0 Å². The second-order valence-electron chi connectivity index (χ2n) is 3.86. The molecular formula is C13H16ClNO2. The second kappa shape index (κ2) is 7.09. The highest BCUT2D eigenvalue weighted by Gasteiger charge is 1.96. The largest absolute Gasteiger partial charge is 0.492 e. The van der Waals surface area contributed by atoms with Crippen molar-refractivity contribution >= 4 is 22.9 Å². The van der Waals surface area contributed by atoms with E-state index < -0.39 is 5.24 Å². The SMILES string of the molecule is CN(C)CCOc1cccc(C=CC(=O)Cl)c1. The summed E-state index contributed by atoms with van der Waals surface area (Å²) in [5.41, 5.74) is 0.890. The summed E-state index contributed by atoms with van der Waals surface area (Å²) in [7, 11) is 3.99. The fourth-order valence-corrected chi connectivity index (χ4v) is 1.28. The van der Waals surface area contributed by atoms with Crippen molar-refractivity contribution in [2.75, 3.05) is 27.2 Å². The number of carbonyl (C=O) groups is 1. The summed E-state index contributed by atoms with van der Waals surface area (Å²) in [5, 5.41) is -0.482. The van der Waals surface area contributed by atoms with E-state index in [-0.39, 0.29) is 0 Å². The number of nitrogens with zero attached hydrogens (tertiary/aromatic N) is 1. The number of ether oxygens (including phenoxy) is 1. The zero-order valence-electron chi connectivity index (χ0n) is 10.0. The van der Waals surface area contributed by atoms with Crippen LogP contribution in [0.15, 0.2) is 30.3 Å². The summed E-state index contributed by atoms with van der Waals surface area (Å²) >= 11 is 5.22. The van der Waals surface area contributed by atoms with Gasteiger partial charge in [0.15, 0.2) is 0 Å². The molecule has 0 aromatic heterocycles. The van der Waals surface area contributed by atoms with Gasteiger partial charge in [0.05, 0.1) is 0 Å². The highest BCUT2D eigenvalue weighted by atomic mass is 35.5. The summed E-state index contributed by atoms with van der Waals surface area (Å²) < 4.78 is 5.57. The van der Waals surface area contributed by atoms with Gasteiger partial charge < -0.3 is 9.64 Å². The minimum absolute atomic E-state index is 0.482. The first-order valence-corrected chi connectivity index (χ1v) is 5.71. The predicted molar refractivity (Wildman–Crippen MR) is 70.4 cm³/mol. The van der Waals surface area contributed by atoms with Gasteiger partial charge in [0.1, 0.15) is 12.4 Å². The van der Waals surface area contributed by atoms with Crippen LogP contribution in [0.5, 0.6) is 5.75 Å². The number of hydrogen-bond donors (Lipinski definition) is 0. The highest BCUT2D eigenvalue weighted by Crippen LogP contribution is 2.14. The third-order valence-corrected chi connectivity index (χ3v) is 2.20. The Balaban J connectivity index is 2.56. The molecule has 0 aliphatic heterocycles. The van der Waals surface area contributed by atoms with Gasteiger partial charge in [-0.1, -0.05) is 18.2 Å². The first-order chi connectivity index (χ1) is 8.08. The molecule has 0 fully saturated rings. The van der Waals surface area contributed by atoms with Crippen LogP contribution in [-0.4, -0.2) is 37.4 Å². The van der Waals surface area contributed by atoms with Crippen LogP contribution in [0.2, 0.25) is 0 Å². The van der Waals surface area contributed by atoms with Crippen molar-refractivity contribution in [3.63, 3.8) is 0 Å². The quantitative estimate of drug-likeness (QED) is 0.576. The molecule has 1 aromatic carbocycles. The molecule has 3 nitrogen and oxygen atoms in total. The smallest absolute Gasteiger partial charge is 0.245 e. The molecule has 0 aliphatic rings. The molecule has 0 heterocycles. The lowest BCUT2D eigenvalue weighted by atomic mass is 10.2. The minimum atomic E-state index is -0.482. The maximum absolute atomic E-state index is 10.6. The molecule has 17 heavy (non-hydrogen) atoms. The van der Waals surface area contributed by atoms with E-state index in [9.17, 15) is 4.79 Å². The molecule has 0 bridgehead atoms. The van der Waals surface area contributed by atoms with Gasteiger partial charge in [-0.15, -0.1) is 0 Å². The lowest BCUT2D eigenvalue weighted by Gasteiger charge is -2.11. The first kappa shape index (κ1) is 13.7. The molecule has 92 valence electrons. The molecule has 0 atom stereocenters. The molecule has 0 amide bonds. The summed E-state index contributed by atoms with van der Waals surface area (Å²) in [6.45, 7) is 1.49. The van der Waals surface area contributed by atoms with Gasteiger partial charge in [-0.05, 0) is 49.5 Å². The molecule has 0 saturated heterocycles. The van der Waals surface area contributed by atoms with E-state index >= 15 is 0 Å². The van der Waals surface area contributed by atoms with Crippen molar-refractivity contribution in [1.29, 1.82) is 0 Å². The van der Waals surface area contributed by atoms with Gasteiger partial charge in [0.25, 0.3) is 0 Å². The van der Waals surface area contributed by atoms with Crippen LogP contribution in [0, 0.1) is 0 Å². The van der Waals surface area contributed by atoms with E-state index in [1.807, 2.05) is 38.4 Å². The fraction of sp³-hybridized carbons (Fsp3) is 0.308. The average molecular weight is 254 g/mol. The zero-order chi connectivity index (χ0) is 12.7. The number of carbonyl (C=O) groups excluding carboxylic acids is 1. The summed E-state index contributed by atoms with van der Waals surface area (Å²) in [6.07, 6.45) is 2.98. The van der Waals surface area contributed by atoms with E-state index in [0.29, 0.717) is 6.61 Å². The number of likely N-dealkylation sites (N-methyl/N-ethyl adjacent to an activating group) is 1. The molecule has 1 rings (SSSR count). The summed E-state index contributed by atoms with van der Waals surface area (Å²) in [4.78, 5) is 12.6. The maximum atomic E-state index is 10.6. The number of halogens is 1. The van der Waals surface area contributed by atoms with Crippen molar-refractivity contribution in [2.45, 2.75) is 0 Å². The molecule has 1 aromatic rings. The Labute approximate surface area is 107 Å². The van der Waals surface area contributed by atoms with E-state index in [1.54, 1.807) is 6.08 Å². The van der Waals surface area contributed by atoms with Gasteiger partial charge in [-0.25, -0.2) is 0 Å². The fourth-order valence-electron chi connectivity index (χ4n) is 1.22. The molecule has 0 aliphatic carbocycles. The second-order valence-corrected chi connectivity index (χ2v) is 4.23. The Morgan fingerprint density at radius 3 is 2.88 bits per heavy atom. The molecule has 0 radical (unpaired) electrons. The third kappa shape index (κ3) is 6.09. The van der Waals surface area contributed by atoms with E-state index in [0.717, 1.165) is 17.9 Å². The molecule has 0 unspecified atom stereocenters. The number of hydrogen-bond acceptors (Lipinski definition) is 3. The van der Waals surface area contributed by atoms with Crippen LogP contribution in [0.25, 0.3) is 6.08 Å². The monoisotopic (exact) mass is 253 g/mol. The molecule has 0 spiro atoms. The normalized spacial score (nSPS) is 11.1. The number of allylic oxidation sites excluding steroid dienone is 1. The van der Waals surface area contributed by atoms with Gasteiger partial charge >= 0.3 is 0 Å². The predicted octanol–water partition coefficient (Wildman–Crippen LogP) is 2.41. The Bertz CT molecular complexity index is 402. The van der Waals surface area contributed by atoms with Crippen LogP contribution in [0.1, 0.15) is 5.56 Å². The van der Waals surface area contributed by atoms with Crippen LogP contribution < -0.4 is 4.74 Å². The van der Waals surface area contributed by atoms with Crippen molar-refractivity contribution in [2.24, 2.45) is 0 Å². The van der Waals surface area contributed by atoms with Crippen LogP contribution in [0.3, 0.4) is 0 Å². The Morgan fingerprint density at radius 1 is 1.47 bits per heavy atom. The van der Waals surface area contributed by atoms with Crippen LogP contribution in [-0.2, 0) is 4.79 Å². The number of rotatable bonds is 6. The molecular weight excluding hydrogens is 238 g/mol. The minimum Gasteiger partial charge on any atom is -0.492 e. The van der Waals surface area contributed by atoms with E-state index in [2.05, 4.69) is 4.90 Å². The van der Waals surface area contributed by atoms with Gasteiger partial charge in [-0.3, -0.25) is 4.79 Å². The molecule has 0 N–H and O–H groups in total. The lowest BCUT2D eigenvalue weighted by Crippen LogP contribution is -2.19. The third-order valence-electron chi connectivity index (χ3n) is 2.07. The Morgan fingerprint density at radius 2 is 2.24 bits per heavy atom. The van der Waals surface area contributed by atoms with Gasteiger partial charge in [0.2, 0.25) is 5.24 Å². The first-order valence-electron chi connectivity index (χ1n) is 5.33. The number of benzene rings is 1. The average Bonchev–Trinajstić information content (AvgIpc) is 2.26. The molecule has 4 heteroatoms.